The van der Waals surface area contributed by atoms with Crippen LogP contribution in [-0.2, 0) is 0 Å². The predicted octanol–water partition coefficient (Wildman–Crippen LogP) is 6.50. The van der Waals surface area contributed by atoms with E-state index in [-0.39, 0.29) is 0 Å². The van der Waals surface area contributed by atoms with Crippen molar-refractivity contribution in [3.05, 3.63) is 12.7 Å². The summed E-state index contributed by atoms with van der Waals surface area (Å²) in [7, 11) is 0. The third kappa shape index (κ3) is 3.75. The average Bonchev–Trinajstić information content (AvgIpc) is 2.99. The highest BCUT2D eigenvalue weighted by molar-refractivity contribution is 5.10. The van der Waals surface area contributed by atoms with Gasteiger partial charge in [0.25, 0.3) is 0 Å². The van der Waals surface area contributed by atoms with Gasteiger partial charge in [0.05, 0.1) is 11.2 Å². The smallest absolute Gasteiger partial charge is 0.0797 e. The van der Waals surface area contributed by atoms with Crippen molar-refractivity contribution in [2.24, 2.45) is 40.4 Å². The maximum Gasteiger partial charge on any atom is 0.0797 e. The minimum absolute atomic E-state index is 0.425. The zero-order chi connectivity index (χ0) is 21.1. The minimum atomic E-state index is -0.703. The van der Waals surface area contributed by atoms with Crippen LogP contribution in [0.15, 0.2) is 12.7 Å². The van der Waals surface area contributed by atoms with Crippen molar-refractivity contribution in [2.75, 3.05) is 0 Å². The first-order chi connectivity index (χ1) is 13.5. The number of aliphatic hydroxyl groups is 2. The maximum absolute atomic E-state index is 10.7. The summed E-state index contributed by atoms with van der Waals surface area (Å²) in [5.74, 6) is 4.28. The fraction of sp³-hybridized carbons (Fsp3) is 0.926. The third-order valence-corrected chi connectivity index (χ3v) is 10.8. The van der Waals surface area contributed by atoms with Crippen LogP contribution >= 0.6 is 0 Å². The largest absolute Gasteiger partial charge is 0.390 e. The van der Waals surface area contributed by atoms with E-state index >= 15 is 0 Å². The minimum Gasteiger partial charge on any atom is -0.390 e. The molecule has 0 heterocycles. The standard InChI is InChI=1S/C27H46O2/c1-6-24(2,28)14-7-8-19-10-12-22-21-11-9-20-18-25(3,29)16-17-27(20,5)23(21)13-15-26(19,22)4/h6,19-23,28-29H,1,7-18H2,2-5H3/t19?,20?,21?,22?,23?,24?,25-,26?,27?/m0/s1. The summed E-state index contributed by atoms with van der Waals surface area (Å²) < 4.78 is 0. The van der Waals surface area contributed by atoms with Gasteiger partial charge in [-0.3, -0.25) is 0 Å². The number of fused-ring (bicyclic) bond motifs is 5. The fourth-order valence-electron chi connectivity index (χ4n) is 8.82. The van der Waals surface area contributed by atoms with Crippen molar-refractivity contribution in [3.63, 3.8) is 0 Å². The van der Waals surface area contributed by atoms with Gasteiger partial charge in [0.15, 0.2) is 0 Å². The molecule has 0 aliphatic heterocycles. The van der Waals surface area contributed by atoms with Crippen LogP contribution in [0.3, 0.4) is 0 Å². The van der Waals surface area contributed by atoms with Crippen molar-refractivity contribution in [1.29, 1.82) is 0 Å². The molecule has 0 bridgehead atoms. The molecule has 0 aromatic heterocycles. The van der Waals surface area contributed by atoms with Crippen LogP contribution in [0.4, 0.5) is 0 Å². The van der Waals surface area contributed by atoms with Crippen molar-refractivity contribution in [2.45, 2.75) is 116 Å². The molecule has 0 saturated heterocycles. The fourth-order valence-corrected chi connectivity index (χ4v) is 8.82. The van der Waals surface area contributed by atoms with E-state index in [0.29, 0.717) is 10.8 Å². The average molecular weight is 403 g/mol. The highest BCUT2D eigenvalue weighted by Gasteiger charge is 2.60. The van der Waals surface area contributed by atoms with Crippen LogP contribution in [0, 0.1) is 40.4 Å². The lowest BCUT2D eigenvalue weighted by Crippen LogP contribution is -2.55. The van der Waals surface area contributed by atoms with Crippen molar-refractivity contribution in [1.82, 2.24) is 0 Å². The Morgan fingerprint density at radius 3 is 2.41 bits per heavy atom. The second-order valence-corrected chi connectivity index (χ2v) is 12.6. The summed E-state index contributed by atoms with van der Waals surface area (Å²) in [5.41, 5.74) is -0.144. The van der Waals surface area contributed by atoms with Gasteiger partial charge in [0.1, 0.15) is 0 Å². The van der Waals surface area contributed by atoms with Crippen LogP contribution < -0.4 is 0 Å². The Kier molecular flexibility index (Phi) is 5.56. The topological polar surface area (TPSA) is 40.5 Å². The summed E-state index contributed by atoms with van der Waals surface area (Å²) in [6.07, 6.45) is 16.6. The molecule has 0 spiro atoms. The van der Waals surface area contributed by atoms with E-state index in [1.807, 2.05) is 6.92 Å². The Bertz CT molecular complexity index is 622. The van der Waals surface area contributed by atoms with Crippen LogP contribution in [0.25, 0.3) is 0 Å². The van der Waals surface area contributed by atoms with Crippen LogP contribution in [0.1, 0.15) is 105 Å². The van der Waals surface area contributed by atoms with E-state index in [4.69, 9.17) is 0 Å². The second-order valence-electron chi connectivity index (χ2n) is 12.6. The highest BCUT2D eigenvalue weighted by atomic mass is 16.3. The van der Waals surface area contributed by atoms with Crippen LogP contribution in [0.2, 0.25) is 0 Å². The van der Waals surface area contributed by atoms with E-state index < -0.39 is 11.2 Å². The van der Waals surface area contributed by atoms with Gasteiger partial charge in [0.2, 0.25) is 0 Å². The highest BCUT2D eigenvalue weighted by Crippen LogP contribution is 2.68. The van der Waals surface area contributed by atoms with Gasteiger partial charge in [-0.15, -0.1) is 6.58 Å². The Morgan fingerprint density at radius 1 is 0.966 bits per heavy atom. The first-order valence-electron chi connectivity index (χ1n) is 12.6. The molecule has 4 fully saturated rings. The molecule has 4 aliphatic rings. The van der Waals surface area contributed by atoms with Crippen LogP contribution in [-0.4, -0.2) is 21.4 Å². The zero-order valence-corrected chi connectivity index (χ0v) is 19.6. The molecule has 2 heteroatoms. The van der Waals surface area contributed by atoms with Crippen LogP contribution in [0.5, 0.6) is 0 Å². The summed E-state index contributed by atoms with van der Waals surface area (Å²) >= 11 is 0. The van der Waals surface area contributed by atoms with E-state index in [2.05, 4.69) is 27.4 Å². The lowest BCUT2D eigenvalue weighted by atomic mass is 9.44. The molecule has 4 aliphatic carbocycles. The van der Waals surface area contributed by atoms with Gasteiger partial charge in [0, 0.05) is 0 Å². The Hall–Kier alpha value is -0.340. The lowest BCUT2D eigenvalue weighted by molar-refractivity contribution is -0.146. The summed E-state index contributed by atoms with van der Waals surface area (Å²) in [4.78, 5) is 0. The first-order valence-corrected chi connectivity index (χ1v) is 12.6. The zero-order valence-electron chi connectivity index (χ0n) is 19.6. The number of rotatable bonds is 5. The van der Waals surface area contributed by atoms with Gasteiger partial charge in [-0.25, -0.2) is 0 Å². The van der Waals surface area contributed by atoms with Gasteiger partial charge < -0.3 is 10.2 Å². The Morgan fingerprint density at radius 2 is 1.69 bits per heavy atom. The molecule has 29 heavy (non-hydrogen) atoms. The van der Waals surface area contributed by atoms with Gasteiger partial charge in [-0.2, -0.15) is 0 Å². The molecule has 8 unspecified atom stereocenters. The summed E-state index contributed by atoms with van der Waals surface area (Å²) in [5, 5.41) is 21.0. The molecule has 9 atom stereocenters. The van der Waals surface area contributed by atoms with E-state index in [0.717, 1.165) is 55.3 Å². The van der Waals surface area contributed by atoms with E-state index in [1.54, 1.807) is 6.08 Å². The van der Waals surface area contributed by atoms with Gasteiger partial charge in [-0.1, -0.05) is 19.9 Å². The number of hydrogen-bond donors (Lipinski definition) is 2. The van der Waals surface area contributed by atoms with Crippen molar-refractivity contribution >= 4 is 0 Å². The molecule has 4 rings (SSSR count). The van der Waals surface area contributed by atoms with Gasteiger partial charge in [-0.05, 0) is 131 Å². The lowest BCUT2D eigenvalue weighted by Gasteiger charge is -2.62. The molecule has 2 N–H and O–H groups in total. The summed E-state index contributed by atoms with van der Waals surface area (Å²) in [6.45, 7) is 13.0. The molecule has 2 nitrogen and oxygen atoms in total. The molecular formula is C27H46O2. The van der Waals surface area contributed by atoms with Crippen molar-refractivity contribution in [3.8, 4) is 0 Å². The third-order valence-electron chi connectivity index (χ3n) is 10.8. The SMILES string of the molecule is C=CC(C)(O)CCCC1CCC2C3CCC4C[C@@](C)(O)CCC4(C)C3CCC12C. The Labute approximate surface area is 179 Å². The maximum atomic E-state index is 10.7. The van der Waals surface area contributed by atoms with E-state index in [9.17, 15) is 10.2 Å². The molecule has 0 aromatic rings. The molecular weight excluding hydrogens is 356 g/mol. The van der Waals surface area contributed by atoms with Gasteiger partial charge >= 0.3 is 0 Å². The first kappa shape index (κ1) is 21.9. The molecule has 0 aromatic carbocycles. The molecule has 166 valence electrons. The predicted molar refractivity (Wildman–Crippen MR) is 121 cm³/mol. The molecule has 0 amide bonds. The van der Waals surface area contributed by atoms with E-state index in [1.165, 1.54) is 51.4 Å². The Balaban J connectivity index is 1.45. The monoisotopic (exact) mass is 402 g/mol. The second kappa shape index (κ2) is 7.37. The molecule has 4 saturated carbocycles. The molecule has 0 radical (unpaired) electrons. The van der Waals surface area contributed by atoms with Crippen molar-refractivity contribution < 1.29 is 10.2 Å². The number of hydrogen-bond acceptors (Lipinski definition) is 2. The quantitative estimate of drug-likeness (QED) is 0.515. The normalized spacial score (nSPS) is 51.4. The summed E-state index contributed by atoms with van der Waals surface area (Å²) in [6, 6.07) is 0.